The minimum absolute atomic E-state index is 0.262. The standard InChI is InChI=1S/C25H29N5O2S/c1-17-2-9-21(10-3-17)29-12-14-30(15-13-29)22-11-8-20(16-26-22)24-28-27-23(33-24)18-4-6-19(7-5-18)25(31)32/h4-8,11,16-17,21H,2-3,9-10,12-15H2,1H3,(H,31,32)/t17-,21+. The van der Waals surface area contributed by atoms with Crippen molar-refractivity contribution in [2.75, 3.05) is 31.1 Å². The number of hydrogen-bond donors (Lipinski definition) is 1. The average Bonchev–Trinajstić information content (AvgIpc) is 3.35. The molecule has 8 heteroatoms. The molecule has 1 saturated heterocycles. The predicted octanol–water partition coefficient (Wildman–Crippen LogP) is 4.67. The Bertz CT molecular complexity index is 1080. The quantitative estimate of drug-likeness (QED) is 0.589. The first kappa shape index (κ1) is 22.0. The normalized spacial score (nSPS) is 21.8. The Hall–Kier alpha value is -2.84. The van der Waals surface area contributed by atoms with Crippen LogP contribution in [-0.4, -0.2) is 63.4 Å². The van der Waals surface area contributed by atoms with Gasteiger partial charge < -0.3 is 10.0 Å². The summed E-state index contributed by atoms with van der Waals surface area (Å²) in [5, 5.41) is 19.2. The third-order valence-electron chi connectivity index (χ3n) is 6.94. The molecule has 2 fully saturated rings. The van der Waals surface area contributed by atoms with Crippen molar-refractivity contribution < 1.29 is 9.90 Å². The number of aromatic carboxylic acids is 1. The molecule has 1 aliphatic heterocycles. The van der Waals surface area contributed by atoms with Crippen molar-refractivity contribution >= 4 is 23.1 Å². The minimum Gasteiger partial charge on any atom is -0.478 e. The molecule has 1 N–H and O–H groups in total. The van der Waals surface area contributed by atoms with Gasteiger partial charge in [-0.3, -0.25) is 4.90 Å². The van der Waals surface area contributed by atoms with Crippen LogP contribution in [0, 0.1) is 5.92 Å². The summed E-state index contributed by atoms with van der Waals surface area (Å²) in [5.74, 6) is 0.979. The summed E-state index contributed by atoms with van der Waals surface area (Å²) in [6.45, 7) is 6.65. The fraction of sp³-hybridized carbons (Fsp3) is 0.440. The molecule has 0 spiro atoms. The summed E-state index contributed by atoms with van der Waals surface area (Å²) < 4.78 is 0. The van der Waals surface area contributed by atoms with Gasteiger partial charge in [0, 0.05) is 49.5 Å². The van der Waals surface area contributed by atoms with E-state index in [2.05, 4.69) is 39.1 Å². The second kappa shape index (κ2) is 9.57. The molecular formula is C25H29N5O2S. The highest BCUT2D eigenvalue weighted by molar-refractivity contribution is 7.17. The van der Waals surface area contributed by atoms with Crippen LogP contribution in [0.15, 0.2) is 42.6 Å². The largest absolute Gasteiger partial charge is 0.478 e. The number of pyridine rings is 1. The molecule has 7 nitrogen and oxygen atoms in total. The second-order valence-corrected chi connectivity index (χ2v) is 10.1. The van der Waals surface area contributed by atoms with Gasteiger partial charge in [-0.05, 0) is 55.9 Å². The van der Waals surface area contributed by atoms with Crippen molar-refractivity contribution in [1.29, 1.82) is 0 Å². The molecular weight excluding hydrogens is 434 g/mol. The highest BCUT2D eigenvalue weighted by Crippen LogP contribution is 2.31. The van der Waals surface area contributed by atoms with Crippen molar-refractivity contribution in [3.8, 4) is 21.1 Å². The lowest BCUT2D eigenvalue weighted by Crippen LogP contribution is -2.51. The van der Waals surface area contributed by atoms with E-state index in [9.17, 15) is 4.79 Å². The third-order valence-corrected chi connectivity index (χ3v) is 7.96. The van der Waals surface area contributed by atoms with Gasteiger partial charge in [-0.1, -0.05) is 30.4 Å². The van der Waals surface area contributed by atoms with Crippen molar-refractivity contribution in [1.82, 2.24) is 20.1 Å². The molecule has 1 aromatic carbocycles. The average molecular weight is 464 g/mol. The van der Waals surface area contributed by atoms with Gasteiger partial charge >= 0.3 is 5.97 Å². The van der Waals surface area contributed by atoms with E-state index in [1.54, 1.807) is 24.3 Å². The molecule has 0 bridgehead atoms. The molecule has 3 heterocycles. The van der Waals surface area contributed by atoms with Crippen LogP contribution in [0.4, 0.5) is 5.82 Å². The number of rotatable bonds is 5. The lowest BCUT2D eigenvalue weighted by molar-refractivity contribution is 0.0697. The first-order valence-electron chi connectivity index (χ1n) is 11.7. The van der Waals surface area contributed by atoms with Crippen LogP contribution < -0.4 is 4.90 Å². The van der Waals surface area contributed by atoms with Crippen molar-refractivity contribution in [2.45, 2.75) is 38.6 Å². The summed E-state index contributed by atoms with van der Waals surface area (Å²) in [7, 11) is 0. The number of anilines is 1. The van der Waals surface area contributed by atoms with E-state index in [4.69, 9.17) is 10.1 Å². The van der Waals surface area contributed by atoms with Crippen LogP contribution in [0.2, 0.25) is 0 Å². The van der Waals surface area contributed by atoms with E-state index >= 15 is 0 Å². The summed E-state index contributed by atoms with van der Waals surface area (Å²) in [6, 6.07) is 11.6. The van der Waals surface area contributed by atoms with Crippen LogP contribution in [0.3, 0.4) is 0 Å². The minimum atomic E-state index is -0.935. The van der Waals surface area contributed by atoms with Crippen molar-refractivity contribution in [3.63, 3.8) is 0 Å². The fourth-order valence-electron chi connectivity index (χ4n) is 4.84. The molecule has 0 amide bonds. The zero-order chi connectivity index (χ0) is 22.8. The molecule has 0 radical (unpaired) electrons. The van der Waals surface area contributed by atoms with Crippen LogP contribution in [0.1, 0.15) is 43.0 Å². The van der Waals surface area contributed by atoms with E-state index in [-0.39, 0.29) is 5.56 Å². The second-order valence-electron chi connectivity index (χ2n) is 9.14. The predicted molar refractivity (Wildman–Crippen MR) is 131 cm³/mol. The first-order valence-corrected chi connectivity index (χ1v) is 12.5. The van der Waals surface area contributed by atoms with Gasteiger partial charge in [-0.2, -0.15) is 0 Å². The third kappa shape index (κ3) is 4.91. The number of nitrogens with zero attached hydrogens (tertiary/aromatic N) is 5. The molecule has 3 aromatic rings. The van der Waals surface area contributed by atoms with E-state index in [1.807, 2.05) is 6.20 Å². The van der Waals surface area contributed by atoms with Crippen LogP contribution in [-0.2, 0) is 0 Å². The van der Waals surface area contributed by atoms with Crippen LogP contribution in [0.25, 0.3) is 21.1 Å². The maximum absolute atomic E-state index is 11.0. The molecule has 5 rings (SSSR count). The number of benzene rings is 1. The molecule has 0 unspecified atom stereocenters. The van der Waals surface area contributed by atoms with Gasteiger partial charge in [0.2, 0.25) is 0 Å². The topological polar surface area (TPSA) is 82.5 Å². The lowest BCUT2D eigenvalue weighted by atomic mass is 9.86. The number of carboxylic acids is 1. The molecule has 1 saturated carbocycles. The summed E-state index contributed by atoms with van der Waals surface area (Å²) in [5.41, 5.74) is 2.07. The Morgan fingerprint density at radius 1 is 0.909 bits per heavy atom. The highest BCUT2D eigenvalue weighted by atomic mass is 32.1. The fourth-order valence-corrected chi connectivity index (χ4v) is 5.67. The van der Waals surface area contributed by atoms with Gasteiger partial charge in [0.15, 0.2) is 0 Å². The maximum Gasteiger partial charge on any atom is 0.335 e. The van der Waals surface area contributed by atoms with Crippen molar-refractivity contribution in [3.05, 3.63) is 48.2 Å². The zero-order valence-electron chi connectivity index (χ0n) is 18.9. The summed E-state index contributed by atoms with van der Waals surface area (Å²) >= 11 is 1.48. The number of carboxylic acid groups (broad SMARTS) is 1. The van der Waals surface area contributed by atoms with Crippen molar-refractivity contribution in [2.24, 2.45) is 5.92 Å². The highest BCUT2D eigenvalue weighted by Gasteiger charge is 2.27. The van der Waals surface area contributed by atoms with Crippen LogP contribution >= 0.6 is 11.3 Å². The lowest BCUT2D eigenvalue weighted by Gasteiger charge is -2.42. The Morgan fingerprint density at radius 2 is 1.55 bits per heavy atom. The number of hydrogen-bond acceptors (Lipinski definition) is 7. The molecule has 2 aromatic heterocycles. The smallest absolute Gasteiger partial charge is 0.335 e. The van der Waals surface area contributed by atoms with Gasteiger partial charge in [-0.25, -0.2) is 9.78 Å². The number of aromatic nitrogens is 3. The molecule has 33 heavy (non-hydrogen) atoms. The van der Waals surface area contributed by atoms with E-state index < -0.39 is 5.97 Å². The van der Waals surface area contributed by atoms with Gasteiger partial charge in [0.1, 0.15) is 15.8 Å². The monoisotopic (exact) mass is 463 g/mol. The Kier molecular flexibility index (Phi) is 6.37. The maximum atomic E-state index is 11.0. The Balaban J connectivity index is 1.20. The first-order chi connectivity index (χ1) is 16.1. The SMILES string of the molecule is C[C@H]1CC[C@@H](N2CCN(c3ccc(-c4nnc(-c5ccc(C(=O)O)cc5)s4)cn3)CC2)CC1. The Morgan fingerprint density at radius 3 is 2.15 bits per heavy atom. The number of piperazine rings is 1. The van der Waals surface area contributed by atoms with Crippen LogP contribution in [0.5, 0.6) is 0 Å². The summed E-state index contributed by atoms with van der Waals surface area (Å²) in [4.78, 5) is 20.8. The summed E-state index contributed by atoms with van der Waals surface area (Å²) in [6.07, 6.45) is 7.31. The van der Waals surface area contributed by atoms with E-state index in [0.29, 0.717) is 0 Å². The zero-order valence-corrected chi connectivity index (χ0v) is 19.7. The van der Waals surface area contributed by atoms with Gasteiger partial charge in [0.25, 0.3) is 0 Å². The Labute approximate surface area is 198 Å². The molecule has 172 valence electrons. The number of carbonyl (C=O) groups is 1. The van der Waals surface area contributed by atoms with Gasteiger partial charge in [0.05, 0.1) is 5.56 Å². The van der Waals surface area contributed by atoms with Gasteiger partial charge in [-0.15, -0.1) is 10.2 Å². The molecule has 0 atom stereocenters. The molecule has 2 aliphatic rings. The van der Waals surface area contributed by atoms with E-state index in [0.717, 1.165) is 65.1 Å². The molecule has 1 aliphatic carbocycles. The van der Waals surface area contributed by atoms with E-state index in [1.165, 1.54) is 37.0 Å².